The molecule has 0 aliphatic carbocycles. The van der Waals surface area contributed by atoms with Crippen molar-refractivity contribution in [3.8, 4) is 0 Å². The minimum atomic E-state index is -4.01. The Morgan fingerprint density at radius 1 is 1.00 bits per heavy atom. The first-order valence-electron chi connectivity index (χ1n) is 7.35. The lowest BCUT2D eigenvalue weighted by atomic mass is 10.1. The van der Waals surface area contributed by atoms with E-state index in [1.54, 1.807) is 12.1 Å². The Hall–Kier alpha value is -2.32. The highest BCUT2D eigenvalue weighted by atomic mass is 32.2. The maximum absolute atomic E-state index is 13.9. The number of amides is 1. The van der Waals surface area contributed by atoms with E-state index >= 15 is 0 Å². The average Bonchev–Trinajstić information content (AvgIpc) is 2.56. The molecule has 0 aliphatic rings. The molecule has 0 bridgehead atoms. The van der Waals surface area contributed by atoms with Gasteiger partial charge in [0, 0.05) is 33.3 Å². The summed E-state index contributed by atoms with van der Waals surface area (Å²) in [6.07, 6.45) is 0. The summed E-state index contributed by atoms with van der Waals surface area (Å²) in [7, 11) is 0.0793. The fourth-order valence-electron chi connectivity index (χ4n) is 2.19. The number of halogens is 2. The van der Waals surface area contributed by atoms with Gasteiger partial charge in [-0.3, -0.25) is 4.79 Å². The quantitative estimate of drug-likeness (QED) is 0.815. The average molecular weight is 368 g/mol. The highest BCUT2D eigenvalue weighted by Crippen LogP contribution is 2.20. The molecule has 0 N–H and O–H groups in total. The minimum absolute atomic E-state index is 0.0476. The molecule has 2 aromatic rings. The van der Waals surface area contributed by atoms with Crippen molar-refractivity contribution in [2.24, 2.45) is 0 Å². The fourth-order valence-corrected chi connectivity index (χ4v) is 3.17. The van der Waals surface area contributed by atoms with Gasteiger partial charge in [-0.2, -0.15) is 0 Å². The second-order valence-corrected chi connectivity index (χ2v) is 7.84. The van der Waals surface area contributed by atoms with Crippen LogP contribution in [0.1, 0.15) is 15.9 Å². The summed E-state index contributed by atoms with van der Waals surface area (Å²) in [6.45, 7) is 0.201. The van der Waals surface area contributed by atoms with Gasteiger partial charge in [0.25, 0.3) is 5.91 Å². The molecular weight excluding hydrogens is 350 g/mol. The Balaban J connectivity index is 2.28. The third-order valence-electron chi connectivity index (χ3n) is 3.62. The van der Waals surface area contributed by atoms with Crippen molar-refractivity contribution in [2.45, 2.75) is 11.4 Å². The van der Waals surface area contributed by atoms with Crippen molar-refractivity contribution < 1.29 is 22.0 Å². The first kappa shape index (κ1) is 19.0. The Morgan fingerprint density at radius 2 is 1.60 bits per heavy atom. The second kappa shape index (κ2) is 7.28. The standard InChI is InChI=1S/C17H18F2N2O3S/c1-20(2)25(23,24)16-10-13(6-9-15(16)19)17(22)21(3)11-12-4-7-14(18)8-5-12/h4-10H,11H2,1-3H3. The first-order valence-corrected chi connectivity index (χ1v) is 8.79. The Kier molecular flexibility index (Phi) is 5.54. The lowest BCUT2D eigenvalue weighted by Crippen LogP contribution is -2.27. The molecule has 0 spiro atoms. The Labute approximate surface area is 145 Å². The summed E-state index contributed by atoms with van der Waals surface area (Å²) >= 11 is 0. The molecule has 0 aromatic heterocycles. The van der Waals surface area contributed by atoms with Crippen LogP contribution in [-0.2, 0) is 16.6 Å². The van der Waals surface area contributed by atoms with Gasteiger partial charge in [0.1, 0.15) is 16.5 Å². The molecule has 1 amide bonds. The van der Waals surface area contributed by atoms with Gasteiger partial charge >= 0.3 is 0 Å². The van der Waals surface area contributed by atoms with Gasteiger partial charge in [-0.25, -0.2) is 21.5 Å². The van der Waals surface area contributed by atoms with Crippen LogP contribution < -0.4 is 0 Å². The van der Waals surface area contributed by atoms with Crippen LogP contribution in [0, 0.1) is 11.6 Å². The minimum Gasteiger partial charge on any atom is -0.337 e. The highest BCUT2D eigenvalue weighted by molar-refractivity contribution is 7.89. The van der Waals surface area contributed by atoms with Crippen molar-refractivity contribution in [2.75, 3.05) is 21.1 Å². The topological polar surface area (TPSA) is 57.7 Å². The fraction of sp³-hybridized carbons (Fsp3) is 0.235. The second-order valence-electron chi connectivity index (χ2n) is 5.72. The number of carbonyl (C=O) groups is 1. The molecule has 0 saturated carbocycles. The first-order chi connectivity index (χ1) is 11.6. The third kappa shape index (κ3) is 4.21. The van der Waals surface area contributed by atoms with E-state index in [-0.39, 0.29) is 17.9 Å². The van der Waals surface area contributed by atoms with Crippen LogP contribution in [0.3, 0.4) is 0 Å². The lowest BCUT2D eigenvalue weighted by Gasteiger charge is -2.18. The Morgan fingerprint density at radius 3 is 2.16 bits per heavy atom. The number of hydrogen-bond donors (Lipinski definition) is 0. The van der Waals surface area contributed by atoms with E-state index in [9.17, 15) is 22.0 Å². The molecule has 0 unspecified atom stereocenters. The van der Waals surface area contributed by atoms with Gasteiger partial charge < -0.3 is 4.90 Å². The predicted octanol–water partition coefficient (Wildman–Crippen LogP) is 2.49. The van der Waals surface area contributed by atoms with Gasteiger partial charge in [-0.15, -0.1) is 0 Å². The van der Waals surface area contributed by atoms with E-state index in [0.29, 0.717) is 5.56 Å². The van der Waals surface area contributed by atoms with Gasteiger partial charge in [-0.1, -0.05) is 12.1 Å². The summed E-state index contributed by atoms with van der Waals surface area (Å²) < 4.78 is 52.0. The van der Waals surface area contributed by atoms with Crippen molar-refractivity contribution in [3.63, 3.8) is 0 Å². The monoisotopic (exact) mass is 368 g/mol. The maximum atomic E-state index is 13.9. The lowest BCUT2D eigenvalue weighted by molar-refractivity contribution is 0.0784. The van der Waals surface area contributed by atoms with Crippen molar-refractivity contribution in [1.82, 2.24) is 9.21 Å². The largest absolute Gasteiger partial charge is 0.337 e. The molecule has 25 heavy (non-hydrogen) atoms. The smallest absolute Gasteiger partial charge is 0.253 e. The number of nitrogens with zero attached hydrogens (tertiary/aromatic N) is 2. The molecule has 2 rings (SSSR count). The normalized spacial score (nSPS) is 11.6. The van der Waals surface area contributed by atoms with Crippen molar-refractivity contribution in [3.05, 3.63) is 65.2 Å². The summed E-state index contributed by atoms with van der Waals surface area (Å²) in [6, 6.07) is 8.87. The van der Waals surface area contributed by atoms with Gasteiger partial charge in [-0.05, 0) is 35.9 Å². The summed E-state index contributed by atoms with van der Waals surface area (Å²) in [4.78, 5) is 13.3. The Bertz CT molecular complexity index is 881. The van der Waals surface area contributed by atoms with Crippen LogP contribution in [0.15, 0.2) is 47.4 Å². The number of hydrogen-bond acceptors (Lipinski definition) is 3. The molecule has 0 fully saturated rings. The van der Waals surface area contributed by atoms with Crippen molar-refractivity contribution in [1.29, 1.82) is 0 Å². The van der Waals surface area contributed by atoms with Crippen LogP contribution in [0.25, 0.3) is 0 Å². The zero-order chi connectivity index (χ0) is 18.8. The molecule has 0 aliphatic heterocycles. The molecule has 134 valence electrons. The molecule has 2 aromatic carbocycles. The van der Waals surface area contributed by atoms with Crippen LogP contribution in [-0.4, -0.2) is 44.7 Å². The van der Waals surface area contributed by atoms with E-state index in [1.165, 1.54) is 44.2 Å². The predicted molar refractivity (Wildman–Crippen MR) is 89.5 cm³/mol. The molecule has 0 heterocycles. The summed E-state index contributed by atoms with van der Waals surface area (Å²) in [5, 5.41) is 0. The molecular formula is C17H18F2N2O3S. The summed E-state index contributed by atoms with van der Waals surface area (Å²) in [5.74, 6) is -1.78. The van der Waals surface area contributed by atoms with Crippen LogP contribution >= 0.6 is 0 Å². The SMILES string of the molecule is CN(Cc1ccc(F)cc1)C(=O)c1ccc(F)c(S(=O)(=O)N(C)C)c1. The van der Waals surface area contributed by atoms with Crippen LogP contribution in [0.2, 0.25) is 0 Å². The number of carbonyl (C=O) groups excluding carboxylic acids is 1. The molecule has 8 heteroatoms. The van der Waals surface area contributed by atoms with Crippen molar-refractivity contribution >= 4 is 15.9 Å². The maximum Gasteiger partial charge on any atom is 0.253 e. The van der Waals surface area contributed by atoms with Crippen LogP contribution in [0.5, 0.6) is 0 Å². The van der Waals surface area contributed by atoms with Gasteiger partial charge in [0.05, 0.1) is 0 Å². The van der Waals surface area contributed by atoms with E-state index in [4.69, 9.17) is 0 Å². The number of rotatable bonds is 5. The molecule has 0 atom stereocenters. The highest BCUT2D eigenvalue weighted by Gasteiger charge is 2.24. The molecule has 5 nitrogen and oxygen atoms in total. The van der Waals surface area contributed by atoms with Gasteiger partial charge in [0.2, 0.25) is 10.0 Å². The van der Waals surface area contributed by atoms with E-state index in [2.05, 4.69) is 0 Å². The molecule has 0 saturated heterocycles. The summed E-state index contributed by atoms with van der Waals surface area (Å²) in [5.41, 5.74) is 0.756. The van der Waals surface area contributed by atoms with Gasteiger partial charge in [0.15, 0.2) is 0 Å². The molecule has 0 radical (unpaired) electrons. The van der Waals surface area contributed by atoms with E-state index in [1.807, 2.05) is 0 Å². The third-order valence-corrected chi connectivity index (χ3v) is 5.45. The number of sulfonamides is 1. The van der Waals surface area contributed by atoms with E-state index in [0.717, 1.165) is 16.4 Å². The van der Waals surface area contributed by atoms with E-state index < -0.39 is 26.6 Å². The number of benzene rings is 2. The zero-order valence-electron chi connectivity index (χ0n) is 14.0. The van der Waals surface area contributed by atoms with Crippen LogP contribution in [0.4, 0.5) is 8.78 Å². The zero-order valence-corrected chi connectivity index (χ0v) is 14.8.